The normalized spacial score (nSPS) is 17.4. The summed E-state index contributed by atoms with van der Waals surface area (Å²) in [4.78, 5) is 34.7. The predicted octanol–water partition coefficient (Wildman–Crippen LogP) is 3.25. The third-order valence-corrected chi connectivity index (χ3v) is 5.13. The van der Waals surface area contributed by atoms with Crippen LogP contribution in [0.5, 0.6) is 0 Å². The number of imidazole rings is 1. The summed E-state index contributed by atoms with van der Waals surface area (Å²) < 4.78 is 15.0. The lowest BCUT2D eigenvalue weighted by Gasteiger charge is -2.34. The van der Waals surface area contributed by atoms with Crippen LogP contribution < -0.4 is 5.56 Å². The van der Waals surface area contributed by atoms with Gasteiger partial charge >= 0.3 is 0 Å². The summed E-state index contributed by atoms with van der Waals surface area (Å²) in [6.07, 6.45) is 4.32. The quantitative estimate of drug-likeness (QED) is 0.771. The Labute approximate surface area is 155 Å². The van der Waals surface area contributed by atoms with Gasteiger partial charge in [-0.2, -0.15) is 0 Å². The lowest BCUT2D eigenvalue weighted by molar-refractivity contribution is 0.0601. The van der Waals surface area contributed by atoms with Crippen LogP contribution in [-0.2, 0) is 6.54 Å². The first kappa shape index (κ1) is 17.5. The van der Waals surface area contributed by atoms with Crippen LogP contribution in [0.3, 0.4) is 0 Å². The highest BCUT2D eigenvalue weighted by Crippen LogP contribution is 2.31. The molecule has 1 N–H and O–H groups in total. The average molecular weight is 368 g/mol. The van der Waals surface area contributed by atoms with E-state index < -0.39 is 0 Å². The molecule has 7 heteroatoms. The van der Waals surface area contributed by atoms with Crippen molar-refractivity contribution in [3.05, 3.63) is 64.1 Å². The van der Waals surface area contributed by atoms with Gasteiger partial charge in [0.15, 0.2) is 0 Å². The van der Waals surface area contributed by atoms with E-state index in [-0.39, 0.29) is 23.3 Å². The van der Waals surface area contributed by atoms with Crippen molar-refractivity contribution in [2.75, 3.05) is 6.54 Å². The molecule has 1 amide bonds. The van der Waals surface area contributed by atoms with Crippen molar-refractivity contribution in [3.63, 3.8) is 0 Å². The van der Waals surface area contributed by atoms with E-state index >= 15 is 0 Å². The van der Waals surface area contributed by atoms with E-state index in [1.807, 2.05) is 6.92 Å². The molecule has 1 fully saturated rings. The fourth-order valence-corrected chi connectivity index (χ4v) is 3.69. The van der Waals surface area contributed by atoms with Crippen molar-refractivity contribution in [2.45, 2.75) is 38.8 Å². The van der Waals surface area contributed by atoms with Gasteiger partial charge in [0.25, 0.3) is 11.5 Å². The number of halogens is 1. The van der Waals surface area contributed by atoms with Crippen molar-refractivity contribution < 1.29 is 9.18 Å². The maximum Gasteiger partial charge on any atom is 0.254 e. The van der Waals surface area contributed by atoms with Gasteiger partial charge in [-0.05, 0) is 50.5 Å². The van der Waals surface area contributed by atoms with Crippen molar-refractivity contribution in [2.24, 2.45) is 0 Å². The number of H-pyrrole nitrogens is 1. The molecule has 0 saturated carbocycles. The molecule has 27 heavy (non-hydrogen) atoms. The molecule has 1 aromatic carbocycles. The number of rotatable bonds is 3. The van der Waals surface area contributed by atoms with E-state index in [4.69, 9.17) is 0 Å². The second-order valence-corrected chi connectivity index (χ2v) is 6.83. The highest BCUT2D eigenvalue weighted by Gasteiger charge is 2.31. The molecule has 1 aliphatic rings. The minimum absolute atomic E-state index is 0.174. The third kappa shape index (κ3) is 3.25. The van der Waals surface area contributed by atoms with Gasteiger partial charge in [-0.25, -0.2) is 9.37 Å². The Hall–Kier alpha value is -2.96. The number of fused-ring (bicyclic) bond motifs is 1. The molecule has 0 spiro atoms. The second kappa shape index (κ2) is 6.98. The van der Waals surface area contributed by atoms with Crippen LogP contribution in [0.15, 0.2) is 41.3 Å². The number of aryl methyl sites for hydroxylation is 1. The smallest absolute Gasteiger partial charge is 0.254 e. The lowest BCUT2D eigenvalue weighted by atomic mass is 10.0. The van der Waals surface area contributed by atoms with Gasteiger partial charge in [0.05, 0.1) is 17.1 Å². The van der Waals surface area contributed by atoms with Crippen LogP contribution in [-0.4, -0.2) is 31.9 Å². The molecule has 6 nitrogen and oxygen atoms in total. The molecule has 4 rings (SSSR count). The Kier molecular flexibility index (Phi) is 4.51. The largest absolute Gasteiger partial charge is 0.340 e. The maximum absolute atomic E-state index is 13.5. The van der Waals surface area contributed by atoms with Crippen molar-refractivity contribution in [1.82, 2.24) is 19.4 Å². The Morgan fingerprint density at radius 1 is 1.30 bits per heavy atom. The zero-order chi connectivity index (χ0) is 19.0. The first-order valence-corrected chi connectivity index (χ1v) is 9.23. The predicted molar refractivity (Wildman–Crippen MR) is 100 cm³/mol. The van der Waals surface area contributed by atoms with Gasteiger partial charge in [-0.3, -0.25) is 9.59 Å². The summed E-state index contributed by atoms with van der Waals surface area (Å²) in [6, 6.07) is 7.28. The van der Waals surface area contributed by atoms with Gasteiger partial charge < -0.3 is 14.5 Å². The topological polar surface area (TPSA) is 71.0 Å². The summed E-state index contributed by atoms with van der Waals surface area (Å²) in [7, 11) is 0. The van der Waals surface area contributed by atoms with Crippen LogP contribution in [0.2, 0.25) is 0 Å². The Bertz CT molecular complexity index is 1060. The summed E-state index contributed by atoms with van der Waals surface area (Å²) in [5.41, 5.74) is 1.50. The summed E-state index contributed by atoms with van der Waals surface area (Å²) in [6.45, 7) is 3.05. The standard InChI is InChI=1S/C20H21FN4O2/c1-2-24-10-8-13(11-18(24)26)20(27)25-9-4-3-5-17(25)19-22-15-7-6-14(21)12-16(15)23-19/h6-8,10-12,17H,2-5,9H2,1H3,(H,22,23)/t17-/m1/s1. The molecule has 0 aliphatic carbocycles. The van der Waals surface area contributed by atoms with E-state index in [0.717, 1.165) is 19.3 Å². The molecule has 3 heterocycles. The lowest BCUT2D eigenvalue weighted by Crippen LogP contribution is -2.39. The maximum atomic E-state index is 13.5. The van der Waals surface area contributed by atoms with E-state index in [2.05, 4.69) is 9.97 Å². The SMILES string of the molecule is CCn1ccc(C(=O)N2CCCC[C@@H]2c2nc3ccc(F)cc3[nH]2)cc1=O. The second-order valence-electron chi connectivity index (χ2n) is 6.83. The third-order valence-electron chi connectivity index (χ3n) is 5.13. The molecular weight excluding hydrogens is 347 g/mol. The number of nitrogens with zero attached hydrogens (tertiary/aromatic N) is 3. The highest BCUT2D eigenvalue weighted by molar-refractivity contribution is 5.94. The fourth-order valence-electron chi connectivity index (χ4n) is 3.69. The first-order chi connectivity index (χ1) is 13.1. The molecule has 0 radical (unpaired) electrons. The number of benzene rings is 1. The van der Waals surface area contributed by atoms with E-state index in [1.165, 1.54) is 18.2 Å². The number of hydrogen-bond donors (Lipinski definition) is 1. The summed E-state index contributed by atoms with van der Waals surface area (Å²) in [5, 5.41) is 0. The number of amides is 1. The van der Waals surface area contributed by atoms with Crippen LogP contribution in [0.1, 0.15) is 48.4 Å². The van der Waals surface area contributed by atoms with Gasteiger partial charge in [0.1, 0.15) is 11.6 Å². The minimum atomic E-state index is -0.328. The van der Waals surface area contributed by atoms with Gasteiger partial charge in [-0.15, -0.1) is 0 Å². The number of nitrogens with one attached hydrogen (secondary N) is 1. The fraction of sp³-hybridized carbons (Fsp3) is 0.350. The van der Waals surface area contributed by atoms with Crippen molar-refractivity contribution in [3.8, 4) is 0 Å². The number of piperidine rings is 1. The number of pyridine rings is 1. The molecule has 0 bridgehead atoms. The van der Waals surface area contributed by atoms with Crippen LogP contribution >= 0.6 is 0 Å². The number of carbonyl (C=O) groups excluding carboxylic acids is 1. The highest BCUT2D eigenvalue weighted by atomic mass is 19.1. The Morgan fingerprint density at radius 3 is 2.93 bits per heavy atom. The molecule has 1 aliphatic heterocycles. The number of aromatic nitrogens is 3. The molecule has 1 atom stereocenters. The molecule has 0 unspecified atom stereocenters. The molecule has 2 aromatic heterocycles. The van der Waals surface area contributed by atoms with E-state index in [0.29, 0.717) is 35.5 Å². The Morgan fingerprint density at radius 2 is 2.15 bits per heavy atom. The minimum Gasteiger partial charge on any atom is -0.340 e. The van der Waals surface area contributed by atoms with Gasteiger partial charge in [0, 0.05) is 30.9 Å². The van der Waals surface area contributed by atoms with Crippen LogP contribution in [0, 0.1) is 5.82 Å². The van der Waals surface area contributed by atoms with Crippen molar-refractivity contribution >= 4 is 16.9 Å². The molecule has 3 aromatic rings. The zero-order valence-electron chi connectivity index (χ0n) is 15.1. The molecule has 140 valence electrons. The summed E-state index contributed by atoms with van der Waals surface area (Å²) in [5.74, 6) is 0.156. The van der Waals surface area contributed by atoms with E-state index in [1.54, 1.807) is 27.8 Å². The summed E-state index contributed by atoms with van der Waals surface area (Å²) >= 11 is 0. The first-order valence-electron chi connectivity index (χ1n) is 9.23. The number of likely N-dealkylation sites (tertiary alicyclic amines) is 1. The molecule has 1 saturated heterocycles. The van der Waals surface area contributed by atoms with Gasteiger partial charge in [-0.1, -0.05) is 0 Å². The number of aromatic amines is 1. The Balaban J connectivity index is 1.68. The van der Waals surface area contributed by atoms with Gasteiger partial charge in [0.2, 0.25) is 0 Å². The van der Waals surface area contributed by atoms with Crippen LogP contribution in [0.25, 0.3) is 11.0 Å². The van der Waals surface area contributed by atoms with E-state index in [9.17, 15) is 14.0 Å². The number of hydrogen-bond acceptors (Lipinski definition) is 3. The van der Waals surface area contributed by atoms with Crippen LogP contribution in [0.4, 0.5) is 4.39 Å². The molecular formula is C20H21FN4O2. The number of carbonyl (C=O) groups is 1. The average Bonchev–Trinajstić information content (AvgIpc) is 3.10. The van der Waals surface area contributed by atoms with Crippen molar-refractivity contribution in [1.29, 1.82) is 0 Å². The monoisotopic (exact) mass is 368 g/mol. The zero-order valence-corrected chi connectivity index (χ0v) is 15.1.